The van der Waals surface area contributed by atoms with Crippen molar-refractivity contribution in [2.45, 2.75) is 18.7 Å². The van der Waals surface area contributed by atoms with E-state index in [1.807, 2.05) is 26.0 Å². The molecule has 0 saturated carbocycles. The highest BCUT2D eigenvalue weighted by Gasteiger charge is 2.15. The van der Waals surface area contributed by atoms with Crippen molar-refractivity contribution in [1.82, 2.24) is 0 Å². The predicted octanol–water partition coefficient (Wildman–Crippen LogP) is 3.51. The van der Waals surface area contributed by atoms with Gasteiger partial charge in [0.15, 0.2) is 5.05 Å². The molecule has 0 heterocycles. The second-order valence-corrected chi connectivity index (χ2v) is 6.77. The van der Waals surface area contributed by atoms with Gasteiger partial charge in [0.25, 0.3) is 10.0 Å². The van der Waals surface area contributed by atoms with Crippen molar-refractivity contribution in [3.63, 3.8) is 0 Å². The van der Waals surface area contributed by atoms with Crippen LogP contribution in [-0.2, 0) is 14.8 Å². The summed E-state index contributed by atoms with van der Waals surface area (Å²) in [4.78, 5) is 0.146. The molecule has 0 saturated heterocycles. The fraction of sp³-hybridized carbons (Fsp3) is 0.188. The Hall–Kier alpha value is -1.92. The Kier molecular flexibility index (Phi) is 5.15. The van der Waals surface area contributed by atoms with Gasteiger partial charge in [-0.05, 0) is 50.3 Å². The lowest BCUT2D eigenvalue weighted by molar-refractivity contribution is 0.337. The van der Waals surface area contributed by atoms with Crippen molar-refractivity contribution in [1.29, 1.82) is 0 Å². The summed E-state index contributed by atoms with van der Waals surface area (Å²) in [6, 6.07) is 13.5. The molecule has 0 unspecified atom stereocenters. The number of anilines is 1. The number of rotatable bonds is 5. The lowest BCUT2D eigenvalue weighted by Crippen LogP contribution is -2.14. The maximum Gasteiger partial charge on any atom is 0.261 e. The summed E-state index contributed by atoms with van der Waals surface area (Å²) < 4.78 is 32.6. The first kappa shape index (κ1) is 16.5. The Labute approximate surface area is 136 Å². The Bertz CT molecular complexity index is 768. The van der Waals surface area contributed by atoms with E-state index in [0.29, 0.717) is 17.9 Å². The molecule has 0 aromatic heterocycles. The second kappa shape index (κ2) is 6.89. The number of hydrogen-bond acceptors (Lipinski definition) is 4. The molecule has 0 bridgehead atoms. The first-order valence-corrected chi connectivity index (χ1v) is 8.68. The van der Waals surface area contributed by atoms with Gasteiger partial charge >= 0.3 is 0 Å². The molecule has 0 atom stereocenters. The molecule has 2 aromatic rings. The molecule has 0 aliphatic heterocycles. The topological polar surface area (TPSA) is 55.4 Å². The molecule has 1 N–H and O–H groups in total. The summed E-state index contributed by atoms with van der Waals surface area (Å²) in [5.41, 5.74) is 2.15. The minimum Gasteiger partial charge on any atom is -0.483 e. The van der Waals surface area contributed by atoms with E-state index in [9.17, 15) is 8.42 Å². The van der Waals surface area contributed by atoms with Crippen molar-refractivity contribution < 1.29 is 13.2 Å². The van der Waals surface area contributed by atoms with Crippen LogP contribution in [-0.4, -0.2) is 20.1 Å². The maximum absolute atomic E-state index is 12.4. The van der Waals surface area contributed by atoms with Gasteiger partial charge in [-0.3, -0.25) is 4.72 Å². The highest BCUT2D eigenvalue weighted by atomic mass is 32.2. The zero-order valence-corrected chi connectivity index (χ0v) is 14.0. The largest absolute Gasteiger partial charge is 0.483 e. The molecule has 22 heavy (non-hydrogen) atoms. The Morgan fingerprint density at radius 3 is 2.50 bits per heavy atom. The first-order chi connectivity index (χ1) is 10.4. The predicted molar refractivity (Wildman–Crippen MR) is 91.8 cm³/mol. The fourth-order valence-corrected chi connectivity index (χ4v) is 3.19. The number of thiocarbonyl (C=S) groups is 1. The molecule has 0 radical (unpaired) electrons. The van der Waals surface area contributed by atoms with E-state index in [1.54, 1.807) is 24.3 Å². The van der Waals surface area contributed by atoms with Gasteiger partial charge in [-0.1, -0.05) is 29.8 Å². The van der Waals surface area contributed by atoms with Gasteiger partial charge in [0, 0.05) is 11.3 Å². The molecular formula is C16H17NO3S2. The monoisotopic (exact) mass is 335 g/mol. The fourth-order valence-electron chi connectivity index (χ4n) is 1.84. The molecule has 4 nitrogen and oxygen atoms in total. The highest BCUT2D eigenvalue weighted by Crippen LogP contribution is 2.18. The third-order valence-corrected chi connectivity index (χ3v) is 4.69. The summed E-state index contributed by atoms with van der Waals surface area (Å²) in [5, 5.41) is 0.287. The summed E-state index contributed by atoms with van der Waals surface area (Å²) in [6.45, 7) is 4.21. The molecule has 6 heteroatoms. The third kappa shape index (κ3) is 4.05. The van der Waals surface area contributed by atoms with Crippen molar-refractivity contribution in [2.75, 3.05) is 11.3 Å². The zero-order valence-electron chi connectivity index (χ0n) is 12.4. The van der Waals surface area contributed by atoms with E-state index >= 15 is 0 Å². The first-order valence-electron chi connectivity index (χ1n) is 6.79. The van der Waals surface area contributed by atoms with Gasteiger partial charge in [-0.2, -0.15) is 0 Å². The molecule has 116 valence electrons. The van der Waals surface area contributed by atoms with Crippen LogP contribution in [0.1, 0.15) is 18.1 Å². The van der Waals surface area contributed by atoms with Gasteiger partial charge in [0.1, 0.15) is 0 Å². The van der Waals surface area contributed by atoms with Crippen LogP contribution in [0.2, 0.25) is 0 Å². The van der Waals surface area contributed by atoms with E-state index in [0.717, 1.165) is 5.56 Å². The number of sulfonamides is 1. The number of nitrogens with one attached hydrogen (secondary N) is 1. The second-order valence-electron chi connectivity index (χ2n) is 4.72. The van der Waals surface area contributed by atoms with Crippen LogP contribution < -0.4 is 4.72 Å². The minimum absolute atomic E-state index is 0.146. The summed E-state index contributed by atoms with van der Waals surface area (Å²) >= 11 is 5.11. The number of hydrogen-bond donors (Lipinski definition) is 1. The molecule has 0 fully saturated rings. The van der Waals surface area contributed by atoms with Crippen molar-refractivity contribution >= 4 is 33.0 Å². The Balaban J connectivity index is 2.27. The van der Waals surface area contributed by atoms with E-state index < -0.39 is 10.0 Å². The van der Waals surface area contributed by atoms with Gasteiger partial charge in [0.05, 0.1) is 11.5 Å². The lowest BCUT2D eigenvalue weighted by atomic mass is 10.2. The molecule has 0 amide bonds. The van der Waals surface area contributed by atoms with Crippen LogP contribution in [0.3, 0.4) is 0 Å². The van der Waals surface area contributed by atoms with E-state index in [1.165, 1.54) is 12.1 Å². The number of ether oxygens (including phenoxy) is 1. The molecule has 2 aromatic carbocycles. The summed E-state index contributed by atoms with van der Waals surface area (Å²) in [7, 11) is -3.66. The van der Waals surface area contributed by atoms with Gasteiger partial charge in [0.2, 0.25) is 0 Å². The SMILES string of the molecule is CCOC(=S)c1cccc(S(=O)(=O)Nc2ccc(C)cc2)c1. The minimum atomic E-state index is -3.66. The average Bonchev–Trinajstić information content (AvgIpc) is 2.50. The van der Waals surface area contributed by atoms with Crippen LogP contribution in [0.25, 0.3) is 0 Å². The van der Waals surface area contributed by atoms with E-state index in [2.05, 4.69) is 4.72 Å². The van der Waals surface area contributed by atoms with E-state index in [-0.39, 0.29) is 9.95 Å². The zero-order chi connectivity index (χ0) is 16.2. The number of aryl methyl sites for hydroxylation is 1. The maximum atomic E-state index is 12.4. The lowest BCUT2D eigenvalue weighted by Gasteiger charge is -2.10. The van der Waals surface area contributed by atoms with Crippen LogP contribution >= 0.6 is 12.2 Å². The normalized spacial score (nSPS) is 11.0. The molecule has 0 aliphatic rings. The summed E-state index contributed by atoms with van der Waals surface area (Å²) in [5.74, 6) is 0. The summed E-state index contributed by atoms with van der Waals surface area (Å²) in [6.07, 6.45) is 0. The van der Waals surface area contributed by atoms with Gasteiger partial charge < -0.3 is 4.74 Å². The number of benzene rings is 2. The molecular weight excluding hydrogens is 318 g/mol. The van der Waals surface area contributed by atoms with Crippen LogP contribution in [0.4, 0.5) is 5.69 Å². The Morgan fingerprint density at radius 2 is 1.86 bits per heavy atom. The highest BCUT2D eigenvalue weighted by molar-refractivity contribution is 7.92. The third-order valence-electron chi connectivity index (χ3n) is 2.96. The van der Waals surface area contributed by atoms with Gasteiger partial charge in [-0.15, -0.1) is 0 Å². The van der Waals surface area contributed by atoms with Crippen LogP contribution in [0.5, 0.6) is 0 Å². The van der Waals surface area contributed by atoms with Crippen molar-refractivity contribution in [2.24, 2.45) is 0 Å². The standard InChI is InChI=1S/C16H17NO3S2/c1-3-20-16(21)13-5-4-6-15(11-13)22(18,19)17-14-9-7-12(2)8-10-14/h4-11,17H,3H2,1-2H3. The van der Waals surface area contributed by atoms with E-state index in [4.69, 9.17) is 17.0 Å². The quantitative estimate of drug-likeness (QED) is 0.850. The van der Waals surface area contributed by atoms with Crippen LogP contribution in [0, 0.1) is 6.92 Å². The van der Waals surface area contributed by atoms with Crippen molar-refractivity contribution in [3.05, 3.63) is 59.7 Å². The Morgan fingerprint density at radius 1 is 1.18 bits per heavy atom. The van der Waals surface area contributed by atoms with Gasteiger partial charge in [-0.25, -0.2) is 8.42 Å². The van der Waals surface area contributed by atoms with Crippen LogP contribution in [0.15, 0.2) is 53.4 Å². The smallest absolute Gasteiger partial charge is 0.261 e. The molecule has 0 aliphatic carbocycles. The average molecular weight is 335 g/mol. The molecule has 0 spiro atoms. The van der Waals surface area contributed by atoms with Crippen molar-refractivity contribution in [3.8, 4) is 0 Å². The molecule has 2 rings (SSSR count).